The van der Waals surface area contributed by atoms with Gasteiger partial charge in [0.2, 0.25) is 5.91 Å². The molecular weight excluding hydrogens is 400 g/mol. The summed E-state index contributed by atoms with van der Waals surface area (Å²) in [5.74, 6) is 0.379. The number of benzene rings is 1. The Balaban J connectivity index is 1.71. The predicted octanol–water partition coefficient (Wildman–Crippen LogP) is 3.73. The Hall–Kier alpha value is -2.48. The predicted molar refractivity (Wildman–Crippen MR) is 114 cm³/mol. The molecule has 1 N–H and O–H groups in total. The third kappa shape index (κ3) is 4.48. The number of carbonyl (C=O) groups excluding carboxylic acids is 2. The van der Waals surface area contributed by atoms with Gasteiger partial charge in [-0.15, -0.1) is 5.10 Å². The standard InChI is InChI=1S/C22H28N4O3S/c1-29-18-12-10-15(11-13-18)20(21(27)23-16-6-2-3-7-16)26(17-8-4-5-9-17)22(28)19-14-30-25-24-19/h10-14,16-17,20H,2-9H2,1H3,(H,23,27)/t20-/m1/s1. The molecule has 0 bridgehead atoms. The lowest BCUT2D eigenvalue weighted by molar-refractivity contribution is -0.127. The van der Waals surface area contributed by atoms with Crippen molar-refractivity contribution in [2.24, 2.45) is 0 Å². The average molecular weight is 429 g/mol. The first-order valence-corrected chi connectivity index (χ1v) is 11.5. The van der Waals surface area contributed by atoms with Crippen LogP contribution in [-0.4, -0.2) is 45.5 Å². The fraction of sp³-hybridized carbons (Fsp3) is 0.545. The maximum atomic E-state index is 13.6. The molecule has 2 amide bonds. The van der Waals surface area contributed by atoms with E-state index < -0.39 is 6.04 Å². The molecule has 160 valence electrons. The summed E-state index contributed by atoms with van der Waals surface area (Å²) in [6.07, 6.45) is 8.16. The summed E-state index contributed by atoms with van der Waals surface area (Å²) >= 11 is 1.15. The number of nitrogens with one attached hydrogen (secondary N) is 1. The fourth-order valence-corrected chi connectivity index (χ4v) is 5.07. The summed E-state index contributed by atoms with van der Waals surface area (Å²) in [6, 6.07) is 6.94. The molecule has 2 aromatic rings. The largest absolute Gasteiger partial charge is 0.497 e. The molecule has 1 atom stereocenters. The van der Waals surface area contributed by atoms with Crippen molar-refractivity contribution in [2.45, 2.75) is 69.5 Å². The van der Waals surface area contributed by atoms with Crippen LogP contribution in [0.15, 0.2) is 29.6 Å². The lowest BCUT2D eigenvalue weighted by Gasteiger charge is -2.36. The van der Waals surface area contributed by atoms with Crippen molar-refractivity contribution in [2.75, 3.05) is 7.11 Å². The van der Waals surface area contributed by atoms with Crippen LogP contribution in [0.25, 0.3) is 0 Å². The van der Waals surface area contributed by atoms with Crippen LogP contribution in [0.5, 0.6) is 5.75 Å². The first-order valence-electron chi connectivity index (χ1n) is 10.7. The van der Waals surface area contributed by atoms with Crippen LogP contribution in [0.4, 0.5) is 0 Å². The van der Waals surface area contributed by atoms with Gasteiger partial charge >= 0.3 is 0 Å². The molecule has 0 aliphatic heterocycles. The first-order chi connectivity index (χ1) is 14.7. The Labute approximate surface area is 181 Å². The van der Waals surface area contributed by atoms with E-state index in [2.05, 4.69) is 14.9 Å². The zero-order chi connectivity index (χ0) is 20.9. The summed E-state index contributed by atoms with van der Waals surface area (Å²) < 4.78 is 9.15. The van der Waals surface area contributed by atoms with Crippen molar-refractivity contribution in [1.82, 2.24) is 19.8 Å². The van der Waals surface area contributed by atoms with Crippen LogP contribution in [0.1, 0.15) is 73.5 Å². The summed E-state index contributed by atoms with van der Waals surface area (Å²) in [7, 11) is 1.61. The minimum atomic E-state index is -0.700. The molecule has 2 saturated carbocycles. The van der Waals surface area contributed by atoms with Gasteiger partial charge in [0.05, 0.1) is 7.11 Å². The Morgan fingerprint density at radius 1 is 1.10 bits per heavy atom. The Morgan fingerprint density at radius 2 is 1.77 bits per heavy atom. The quantitative estimate of drug-likeness (QED) is 0.726. The van der Waals surface area contributed by atoms with Gasteiger partial charge in [-0.2, -0.15) is 0 Å². The molecule has 1 aromatic carbocycles. The van der Waals surface area contributed by atoms with Gasteiger partial charge in [-0.3, -0.25) is 9.59 Å². The number of carbonyl (C=O) groups is 2. The van der Waals surface area contributed by atoms with Gasteiger partial charge < -0.3 is 15.0 Å². The molecule has 0 radical (unpaired) electrons. The monoisotopic (exact) mass is 428 g/mol. The van der Waals surface area contributed by atoms with Crippen LogP contribution < -0.4 is 10.1 Å². The number of ether oxygens (including phenoxy) is 1. The van der Waals surface area contributed by atoms with E-state index in [1.807, 2.05) is 24.3 Å². The molecule has 0 spiro atoms. The molecule has 8 heteroatoms. The number of hydrogen-bond donors (Lipinski definition) is 1. The fourth-order valence-electron chi connectivity index (χ4n) is 4.64. The van der Waals surface area contributed by atoms with Crippen LogP contribution in [-0.2, 0) is 4.79 Å². The molecule has 0 unspecified atom stereocenters. The molecule has 2 aliphatic carbocycles. The second-order valence-corrected chi connectivity index (χ2v) is 8.72. The lowest BCUT2D eigenvalue weighted by Crippen LogP contribution is -2.49. The van der Waals surface area contributed by atoms with Crippen molar-refractivity contribution in [1.29, 1.82) is 0 Å². The van der Waals surface area contributed by atoms with Crippen molar-refractivity contribution >= 4 is 23.3 Å². The lowest BCUT2D eigenvalue weighted by atomic mass is 10.00. The van der Waals surface area contributed by atoms with E-state index in [1.165, 1.54) is 0 Å². The highest BCUT2D eigenvalue weighted by atomic mass is 32.1. The first kappa shape index (κ1) is 20.8. The molecule has 4 rings (SSSR count). The van der Waals surface area contributed by atoms with Gasteiger partial charge in [-0.05, 0) is 54.9 Å². The minimum absolute atomic E-state index is 0.0145. The number of hydrogen-bond acceptors (Lipinski definition) is 6. The Kier molecular flexibility index (Phi) is 6.62. The van der Waals surface area contributed by atoms with Gasteiger partial charge in [0.15, 0.2) is 5.69 Å². The van der Waals surface area contributed by atoms with Crippen LogP contribution in [0.3, 0.4) is 0 Å². The van der Waals surface area contributed by atoms with Crippen LogP contribution >= 0.6 is 11.5 Å². The zero-order valence-electron chi connectivity index (χ0n) is 17.3. The highest BCUT2D eigenvalue weighted by Gasteiger charge is 2.39. The molecular formula is C22H28N4O3S. The van der Waals surface area contributed by atoms with E-state index in [9.17, 15) is 9.59 Å². The Bertz CT molecular complexity index is 844. The van der Waals surface area contributed by atoms with Crippen LogP contribution in [0, 0.1) is 0 Å². The third-order valence-corrected chi connectivity index (χ3v) is 6.70. The molecule has 2 fully saturated rings. The third-order valence-electron chi connectivity index (χ3n) is 6.19. The van der Waals surface area contributed by atoms with Crippen molar-refractivity contribution in [3.8, 4) is 5.75 Å². The molecule has 0 saturated heterocycles. The summed E-state index contributed by atoms with van der Waals surface area (Å²) in [6.45, 7) is 0. The topological polar surface area (TPSA) is 84.4 Å². The molecule has 1 aromatic heterocycles. The second-order valence-electron chi connectivity index (χ2n) is 8.11. The molecule has 7 nitrogen and oxygen atoms in total. The van der Waals surface area contributed by atoms with Gasteiger partial charge in [0, 0.05) is 17.5 Å². The van der Waals surface area contributed by atoms with Gasteiger partial charge in [0.1, 0.15) is 11.8 Å². The van der Waals surface area contributed by atoms with E-state index in [-0.39, 0.29) is 23.9 Å². The van der Waals surface area contributed by atoms with E-state index in [0.29, 0.717) is 5.69 Å². The maximum absolute atomic E-state index is 13.6. The summed E-state index contributed by atoms with van der Waals surface area (Å²) in [5.41, 5.74) is 1.09. The average Bonchev–Trinajstić information content (AvgIpc) is 3.55. The van der Waals surface area contributed by atoms with Crippen molar-refractivity contribution < 1.29 is 14.3 Å². The highest BCUT2D eigenvalue weighted by molar-refractivity contribution is 7.03. The summed E-state index contributed by atoms with van der Waals surface area (Å²) in [4.78, 5) is 28.8. The van der Waals surface area contributed by atoms with Crippen LogP contribution in [0.2, 0.25) is 0 Å². The number of aromatic nitrogens is 2. The number of nitrogens with zero attached hydrogens (tertiary/aromatic N) is 3. The van der Waals surface area contributed by atoms with Crippen molar-refractivity contribution in [3.05, 3.63) is 40.9 Å². The normalized spacial score (nSPS) is 18.3. The van der Waals surface area contributed by atoms with Gasteiger partial charge in [0.25, 0.3) is 5.91 Å². The van der Waals surface area contributed by atoms with Gasteiger partial charge in [-0.25, -0.2) is 0 Å². The second kappa shape index (κ2) is 9.55. The SMILES string of the molecule is COc1ccc([C@H](C(=O)NC2CCCC2)N(C(=O)c2csnn2)C2CCCC2)cc1. The van der Waals surface area contributed by atoms with E-state index >= 15 is 0 Å². The van der Waals surface area contributed by atoms with E-state index in [0.717, 1.165) is 74.2 Å². The number of amides is 2. The Morgan fingerprint density at radius 3 is 2.37 bits per heavy atom. The zero-order valence-corrected chi connectivity index (χ0v) is 18.1. The molecule has 1 heterocycles. The number of rotatable bonds is 7. The van der Waals surface area contributed by atoms with Gasteiger partial charge in [-0.1, -0.05) is 42.3 Å². The van der Waals surface area contributed by atoms with E-state index in [4.69, 9.17) is 4.74 Å². The van der Waals surface area contributed by atoms with Crippen molar-refractivity contribution in [3.63, 3.8) is 0 Å². The maximum Gasteiger partial charge on any atom is 0.276 e. The molecule has 30 heavy (non-hydrogen) atoms. The summed E-state index contributed by atoms with van der Waals surface area (Å²) in [5, 5.41) is 8.87. The smallest absolute Gasteiger partial charge is 0.276 e. The molecule has 2 aliphatic rings. The number of methoxy groups -OCH3 is 1. The van der Waals surface area contributed by atoms with E-state index in [1.54, 1.807) is 17.4 Å². The highest BCUT2D eigenvalue weighted by Crippen LogP contribution is 2.34. The minimum Gasteiger partial charge on any atom is -0.497 e.